The quantitative estimate of drug-likeness (QED) is 0.369. The Balaban J connectivity index is 1.79. The highest BCUT2D eigenvalue weighted by molar-refractivity contribution is 5.96. The minimum absolute atomic E-state index is 0.152. The average Bonchev–Trinajstić information content (AvgIpc) is 2.73. The van der Waals surface area contributed by atoms with Gasteiger partial charge in [-0.3, -0.25) is 0 Å². The fourth-order valence-corrected chi connectivity index (χ4v) is 3.23. The molecule has 0 aromatic heterocycles. The molecule has 0 aliphatic heterocycles. The van der Waals surface area contributed by atoms with Crippen molar-refractivity contribution in [1.82, 2.24) is 0 Å². The molecule has 0 aliphatic carbocycles. The normalized spacial score (nSPS) is 11.1. The summed E-state index contributed by atoms with van der Waals surface area (Å²) >= 11 is 0. The van der Waals surface area contributed by atoms with Gasteiger partial charge in [0.1, 0.15) is 23.0 Å². The number of rotatable bonds is 5. The maximum absolute atomic E-state index is 10.7. The lowest BCUT2D eigenvalue weighted by atomic mass is 9.99. The van der Waals surface area contributed by atoms with Crippen LogP contribution in [0.25, 0.3) is 28.0 Å². The Morgan fingerprint density at radius 1 is 0.833 bits per heavy atom. The van der Waals surface area contributed by atoms with Crippen molar-refractivity contribution in [1.29, 1.82) is 0 Å². The third-order valence-corrected chi connectivity index (χ3v) is 4.63. The standard InChI is InChI=1S/C25H18O5/c26-19-3-1-2-17(14-19)22-11-7-18-15-20(27)8-12-23(18)25(22)30-21-9-4-16(5-10-21)6-13-24(28)29/h1-15,26-27H,(H,28,29). The fourth-order valence-electron chi connectivity index (χ4n) is 3.23. The Morgan fingerprint density at radius 3 is 2.33 bits per heavy atom. The number of ether oxygens (including phenoxy) is 1. The van der Waals surface area contributed by atoms with Crippen LogP contribution in [0.4, 0.5) is 0 Å². The van der Waals surface area contributed by atoms with Gasteiger partial charge >= 0.3 is 5.97 Å². The number of phenolic OH excluding ortho intramolecular Hbond substituents is 2. The Labute approximate surface area is 172 Å². The third kappa shape index (κ3) is 4.10. The Bertz CT molecular complexity index is 1260. The summed E-state index contributed by atoms with van der Waals surface area (Å²) in [6, 6.07) is 22.8. The topological polar surface area (TPSA) is 87.0 Å². The zero-order valence-corrected chi connectivity index (χ0v) is 15.8. The van der Waals surface area contributed by atoms with Crippen LogP contribution in [0.1, 0.15) is 5.56 Å². The van der Waals surface area contributed by atoms with Gasteiger partial charge in [-0.2, -0.15) is 0 Å². The number of aromatic hydroxyl groups is 2. The van der Waals surface area contributed by atoms with Gasteiger partial charge in [0.05, 0.1) is 0 Å². The van der Waals surface area contributed by atoms with E-state index >= 15 is 0 Å². The molecule has 30 heavy (non-hydrogen) atoms. The summed E-state index contributed by atoms with van der Waals surface area (Å²) in [5.74, 6) is 0.466. The van der Waals surface area contributed by atoms with E-state index < -0.39 is 5.97 Å². The van der Waals surface area contributed by atoms with E-state index in [1.165, 1.54) is 6.08 Å². The summed E-state index contributed by atoms with van der Waals surface area (Å²) in [6.45, 7) is 0. The highest BCUT2D eigenvalue weighted by atomic mass is 16.5. The molecular formula is C25H18O5. The number of carbonyl (C=O) groups is 1. The van der Waals surface area contributed by atoms with Gasteiger partial charge < -0.3 is 20.1 Å². The maximum atomic E-state index is 10.7. The van der Waals surface area contributed by atoms with Crippen LogP contribution in [0.2, 0.25) is 0 Å². The van der Waals surface area contributed by atoms with E-state index in [0.29, 0.717) is 11.5 Å². The van der Waals surface area contributed by atoms with Crippen molar-refractivity contribution >= 4 is 22.8 Å². The van der Waals surface area contributed by atoms with Crippen molar-refractivity contribution in [3.05, 3.63) is 90.5 Å². The Hall–Kier alpha value is -4.25. The van der Waals surface area contributed by atoms with Crippen molar-refractivity contribution in [3.63, 3.8) is 0 Å². The molecule has 0 fully saturated rings. The van der Waals surface area contributed by atoms with Gasteiger partial charge in [0.2, 0.25) is 0 Å². The van der Waals surface area contributed by atoms with E-state index in [1.54, 1.807) is 60.7 Å². The molecule has 4 aromatic carbocycles. The average molecular weight is 398 g/mol. The number of hydrogen-bond donors (Lipinski definition) is 3. The molecule has 4 rings (SSSR count). The van der Waals surface area contributed by atoms with Gasteiger partial charge in [-0.1, -0.05) is 30.3 Å². The van der Waals surface area contributed by atoms with Crippen LogP contribution >= 0.6 is 0 Å². The highest BCUT2D eigenvalue weighted by Crippen LogP contribution is 2.41. The molecule has 0 heterocycles. The van der Waals surface area contributed by atoms with E-state index in [0.717, 1.165) is 33.5 Å². The van der Waals surface area contributed by atoms with Crippen molar-refractivity contribution in [2.75, 3.05) is 0 Å². The van der Waals surface area contributed by atoms with Crippen LogP contribution in [-0.4, -0.2) is 21.3 Å². The molecule has 0 saturated carbocycles. The van der Waals surface area contributed by atoms with Crippen molar-refractivity contribution in [3.8, 4) is 34.1 Å². The first-order chi connectivity index (χ1) is 14.5. The minimum Gasteiger partial charge on any atom is -0.508 e. The fraction of sp³-hybridized carbons (Fsp3) is 0. The van der Waals surface area contributed by atoms with Gasteiger partial charge in [-0.15, -0.1) is 0 Å². The summed E-state index contributed by atoms with van der Waals surface area (Å²) in [6.07, 6.45) is 2.58. The molecule has 0 atom stereocenters. The van der Waals surface area contributed by atoms with E-state index in [-0.39, 0.29) is 11.5 Å². The van der Waals surface area contributed by atoms with Gasteiger partial charge in [-0.05, 0) is 71.1 Å². The zero-order chi connectivity index (χ0) is 21.1. The van der Waals surface area contributed by atoms with Crippen LogP contribution in [0.3, 0.4) is 0 Å². The molecule has 5 nitrogen and oxygen atoms in total. The van der Waals surface area contributed by atoms with Crippen LogP contribution in [-0.2, 0) is 4.79 Å². The van der Waals surface area contributed by atoms with Crippen molar-refractivity contribution < 1.29 is 24.9 Å². The number of fused-ring (bicyclic) bond motifs is 1. The molecule has 0 unspecified atom stereocenters. The van der Waals surface area contributed by atoms with Crippen LogP contribution in [0.15, 0.2) is 84.9 Å². The van der Waals surface area contributed by atoms with Crippen LogP contribution in [0, 0.1) is 0 Å². The summed E-state index contributed by atoms with van der Waals surface area (Å²) in [4.78, 5) is 10.7. The molecule has 0 spiro atoms. The lowest BCUT2D eigenvalue weighted by Gasteiger charge is -2.15. The first-order valence-corrected chi connectivity index (χ1v) is 9.24. The minimum atomic E-state index is -1.01. The third-order valence-electron chi connectivity index (χ3n) is 4.63. The molecule has 0 aliphatic rings. The van der Waals surface area contributed by atoms with Gasteiger partial charge in [0, 0.05) is 17.0 Å². The number of carboxylic acid groups (broad SMARTS) is 1. The van der Waals surface area contributed by atoms with Gasteiger partial charge in [0.25, 0.3) is 0 Å². The monoisotopic (exact) mass is 398 g/mol. The molecule has 0 saturated heterocycles. The Kier molecular flexibility index (Phi) is 5.09. The molecule has 3 N–H and O–H groups in total. The summed E-state index contributed by atoms with van der Waals surface area (Å²) in [5, 5.41) is 30.1. The summed E-state index contributed by atoms with van der Waals surface area (Å²) < 4.78 is 6.23. The van der Waals surface area contributed by atoms with Gasteiger partial charge in [-0.25, -0.2) is 4.79 Å². The second-order valence-corrected chi connectivity index (χ2v) is 6.74. The lowest BCUT2D eigenvalue weighted by Crippen LogP contribution is -1.91. The van der Waals surface area contributed by atoms with E-state index in [9.17, 15) is 15.0 Å². The number of carboxylic acids is 1. The summed E-state index contributed by atoms with van der Waals surface area (Å²) in [5.41, 5.74) is 2.32. The predicted octanol–water partition coefficient (Wildman–Crippen LogP) is 5.81. The largest absolute Gasteiger partial charge is 0.508 e. The second-order valence-electron chi connectivity index (χ2n) is 6.74. The molecule has 0 bridgehead atoms. The smallest absolute Gasteiger partial charge is 0.328 e. The van der Waals surface area contributed by atoms with E-state index in [4.69, 9.17) is 9.84 Å². The molecule has 4 aromatic rings. The van der Waals surface area contributed by atoms with Crippen molar-refractivity contribution in [2.45, 2.75) is 0 Å². The molecule has 0 radical (unpaired) electrons. The van der Waals surface area contributed by atoms with Crippen molar-refractivity contribution in [2.24, 2.45) is 0 Å². The number of aliphatic carboxylic acids is 1. The summed E-state index contributed by atoms with van der Waals surface area (Å²) in [7, 11) is 0. The predicted molar refractivity (Wildman–Crippen MR) is 116 cm³/mol. The molecule has 5 heteroatoms. The number of hydrogen-bond acceptors (Lipinski definition) is 4. The first-order valence-electron chi connectivity index (χ1n) is 9.24. The van der Waals surface area contributed by atoms with Crippen LogP contribution in [0.5, 0.6) is 23.0 Å². The number of phenols is 2. The van der Waals surface area contributed by atoms with Gasteiger partial charge in [0.15, 0.2) is 0 Å². The molecule has 0 amide bonds. The number of benzene rings is 4. The Morgan fingerprint density at radius 2 is 1.60 bits per heavy atom. The molecule has 148 valence electrons. The zero-order valence-electron chi connectivity index (χ0n) is 15.8. The van der Waals surface area contributed by atoms with Crippen LogP contribution < -0.4 is 4.74 Å². The maximum Gasteiger partial charge on any atom is 0.328 e. The highest BCUT2D eigenvalue weighted by Gasteiger charge is 2.13. The van der Waals surface area contributed by atoms with E-state index in [2.05, 4.69) is 0 Å². The second kappa shape index (κ2) is 8.01. The lowest BCUT2D eigenvalue weighted by molar-refractivity contribution is -0.131. The molecular weight excluding hydrogens is 380 g/mol. The SMILES string of the molecule is O=C(O)C=Cc1ccc(Oc2c(-c3cccc(O)c3)ccc3cc(O)ccc23)cc1. The first kappa shape index (κ1) is 19.1. The van der Waals surface area contributed by atoms with E-state index in [1.807, 2.05) is 18.2 Å².